The molecule has 6 rings (SSSR count). The van der Waals surface area contributed by atoms with E-state index in [0.717, 1.165) is 16.9 Å². The van der Waals surface area contributed by atoms with E-state index in [1.807, 2.05) is 62.4 Å². The summed E-state index contributed by atoms with van der Waals surface area (Å²) in [4.78, 5) is 51.9. The lowest BCUT2D eigenvalue weighted by atomic mass is 10.1. The Morgan fingerprint density at radius 2 is 1.00 bits per heavy atom. The molecule has 0 spiro atoms. The van der Waals surface area contributed by atoms with E-state index in [0.29, 0.717) is 50.2 Å². The third-order valence-corrected chi connectivity index (χ3v) is 7.96. The third-order valence-electron chi connectivity index (χ3n) is 7.96. The first-order valence-electron chi connectivity index (χ1n) is 16.9. The summed E-state index contributed by atoms with van der Waals surface area (Å²) in [6.07, 6.45) is 0. The number of benzene rings is 4. The van der Waals surface area contributed by atoms with Crippen LogP contribution in [0.1, 0.15) is 43.5 Å². The van der Waals surface area contributed by atoms with Gasteiger partial charge in [0.1, 0.15) is 29.5 Å². The monoisotopic (exact) mass is 764 g/mol. The van der Waals surface area contributed by atoms with Crippen molar-refractivity contribution in [2.45, 2.75) is 27.7 Å². The highest BCUT2D eigenvalue weighted by Crippen LogP contribution is 2.35. The van der Waals surface area contributed by atoms with E-state index in [1.54, 1.807) is 50.2 Å². The number of aromatic hydroxyl groups is 2. The van der Waals surface area contributed by atoms with Gasteiger partial charge in [0.25, 0.3) is 5.91 Å². The Bertz CT molecular complexity index is 2400. The minimum absolute atomic E-state index is 0.0882. The number of esters is 1. The molecule has 290 valence electrons. The topological polar surface area (TPSA) is 241 Å². The summed E-state index contributed by atoms with van der Waals surface area (Å²) >= 11 is 0. The van der Waals surface area contributed by atoms with Crippen LogP contribution in [-0.2, 0) is 14.3 Å². The van der Waals surface area contributed by atoms with Gasteiger partial charge in [-0.3, -0.25) is 14.4 Å². The number of rotatable bonds is 9. The Morgan fingerprint density at radius 3 is 1.39 bits per heavy atom. The molecule has 15 heteroatoms. The van der Waals surface area contributed by atoms with Gasteiger partial charge in [-0.1, -0.05) is 35.4 Å². The highest BCUT2D eigenvalue weighted by molar-refractivity contribution is 6.03. The van der Waals surface area contributed by atoms with Crippen molar-refractivity contribution in [1.29, 1.82) is 0 Å². The maximum atomic E-state index is 12.1. The number of ether oxygens (including phenoxy) is 3. The van der Waals surface area contributed by atoms with Crippen LogP contribution < -0.4 is 20.5 Å². The number of amides is 1. The van der Waals surface area contributed by atoms with Crippen molar-refractivity contribution in [3.63, 3.8) is 0 Å². The number of carbonyl (C=O) groups is 4. The fraction of sp³-hybridized carbons (Fsp3) is 0.171. The number of aliphatic carboxylic acids is 2. The van der Waals surface area contributed by atoms with E-state index >= 15 is 0 Å². The normalized spacial score (nSPS) is 10.3. The molecular weight excluding hydrogens is 724 g/mol. The van der Waals surface area contributed by atoms with Gasteiger partial charge in [-0.25, -0.2) is 14.8 Å². The van der Waals surface area contributed by atoms with Gasteiger partial charge in [0.05, 0.1) is 13.7 Å². The van der Waals surface area contributed by atoms with Crippen LogP contribution in [0.2, 0.25) is 0 Å². The van der Waals surface area contributed by atoms with Gasteiger partial charge in [0.2, 0.25) is 0 Å². The van der Waals surface area contributed by atoms with Crippen molar-refractivity contribution in [1.82, 2.24) is 15.3 Å². The lowest BCUT2D eigenvalue weighted by Gasteiger charge is -2.12. The van der Waals surface area contributed by atoms with E-state index in [-0.39, 0.29) is 29.4 Å². The standard InChI is InChI=1S/C20H18N2O5.C19H17NO4.C2H5NO2/c1-11-3-5-13(6-4-11)27-14-7-8-15-16(9-14)12(2)22-18(19(15)25)20(26)21-10-17(23)24;1-11-4-6-13(7-5-11)24-14-8-9-15-16(10-14)12(2)20-17(18(15)21)19(22)23-3;3-1-2(4)5/h3-9,25H,10H2,1-2H3,(H,21,26)(H,23,24);4-10,21H,1-3H3;1,3H2,(H,4,5). The summed E-state index contributed by atoms with van der Waals surface area (Å²) in [6.45, 7) is 6.63. The van der Waals surface area contributed by atoms with Crippen LogP contribution in [0.5, 0.6) is 34.5 Å². The molecule has 1 amide bonds. The van der Waals surface area contributed by atoms with E-state index in [1.165, 1.54) is 7.11 Å². The zero-order valence-corrected chi connectivity index (χ0v) is 31.1. The molecule has 0 saturated carbocycles. The first-order valence-corrected chi connectivity index (χ1v) is 16.9. The second kappa shape index (κ2) is 18.7. The molecule has 0 aliphatic carbocycles. The number of fused-ring (bicyclic) bond motifs is 2. The molecule has 0 aliphatic rings. The summed E-state index contributed by atoms with van der Waals surface area (Å²) < 4.78 is 16.3. The highest BCUT2D eigenvalue weighted by atomic mass is 16.5. The third kappa shape index (κ3) is 10.7. The number of hydrogen-bond acceptors (Lipinski definition) is 12. The maximum Gasteiger partial charge on any atom is 0.360 e. The van der Waals surface area contributed by atoms with Gasteiger partial charge in [0, 0.05) is 32.9 Å². The summed E-state index contributed by atoms with van der Waals surface area (Å²) in [5, 5.41) is 41.4. The van der Waals surface area contributed by atoms with Gasteiger partial charge in [0.15, 0.2) is 22.9 Å². The Morgan fingerprint density at radius 1 is 0.607 bits per heavy atom. The number of aromatic nitrogens is 2. The number of nitrogens with one attached hydrogen (secondary N) is 1. The first-order chi connectivity index (χ1) is 26.6. The molecule has 4 aromatic carbocycles. The smallest absolute Gasteiger partial charge is 0.360 e. The molecule has 6 aromatic rings. The van der Waals surface area contributed by atoms with Crippen LogP contribution >= 0.6 is 0 Å². The Balaban J connectivity index is 0.000000223. The molecule has 0 atom stereocenters. The van der Waals surface area contributed by atoms with Crippen LogP contribution in [-0.4, -0.2) is 74.4 Å². The molecule has 2 aromatic heterocycles. The zero-order chi connectivity index (χ0) is 41.1. The van der Waals surface area contributed by atoms with E-state index in [9.17, 15) is 29.4 Å². The number of nitrogens with zero attached hydrogens (tertiary/aromatic N) is 2. The molecule has 15 nitrogen and oxygen atoms in total. The minimum atomic E-state index is -1.18. The number of carbonyl (C=O) groups excluding carboxylic acids is 2. The average molecular weight is 765 g/mol. The molecule has 0 bridgehead atoms. The summed E-state index contributed by atoms with van der Waals surface area (Å²) in [6, 6.07) is 25.6. The van der Waals surface area contributed by atoms with Gasteiger partial charge in [-0.15, -0.1) is 0 Å². The van der Waals surface area contributed by atoms with Gasteiger partial charge in [-0.05, 0) is 88.4 Å². The molecule has 0 fully saturated rings. The average Bonchev–Trinajstić information content (AvgIpc) is 3.18. The first kappa shape index (κ1) is 41.5. The molecule has 0 radical (unpaired) electrons. The second-order valence-electron chi connectivity index (χ2n) is 12.2. The molecule has 7 N–H and O–H groups in total. The molecule has 0 unspecified atom stereocenters. The number of pyridine rings is 2. The predicted molar refractivity (Wildman–Crippen MR) is 207 cm³/mol. The van der Waals surface area contributed by atoms with Crippen molar-refractivity contribution < 1.29 is 53.8 Å². The van der Waals surface area contributed by atoms with Gasteiger partial charge >= 0.3 is 17.9 Å². The van der Waals surface area contributed by atoms with E-state index in [4.69, 9.17) is 19.7 Å². The number of carboxylic acids is 2. The molecular formula is C41H40N4O11. The highest BCUT2D eigenvalue weighted by Gasteiger charge is 2.20. The number of aryl methyl sites for hydroxylation is 4. The molecule has 0 aliphatic heterocycles. The van der Waals surface area contributed by atoms with Crippen LogP contribution in [0.25, 0.3) is 21.5 Å². The second-order valence-corrected chi connectivity index (χ2v) is 12.2. The Kier molecular flexibility index (Phi) is 13.8. The van der Waals surface area contributed by atoms with Gasteiger partial charge in [-0.2, -0.15) is 0 Å². The largest absolute Gasteiger partial charge is 0.505 e. The van der Waals surface area contributed by atoms with Crippen LogP contribution in [0.3, 0.4) is 0 Å². The molecule has 2 heterocycles. The van der Waals surface area contributed by atoms with E-state index < -0.39 is 30.4 Å². The minimum Gasteiger partial charge on any atom is -0.505 e. The van der Waals surface area contributed by atoms with Crippen LogP contribution in [0.4, 0.5) is 0 Å². The quantitative estimate of drug-likeness (QED) is 0.0882. The van der Waals surface area contributed by atoms with Crippen molar-refractivity contribution in [2.24, 2.45) is 5.73 Å². The number of methoxy groups -OCH3 is 1. The zero-order valence-electron chi connectivity index (χ0n) is 31.1. The number of hydrogen-bond donors (Lipinski definition) is 6. The fourth-order valence-electron chi connectivity index (χ4n) is 5.12. The Hall–Kier alpha value is -7.26. The summed E-state index contributed by atoms with van der Waals surface area (Å²) in [5.74, 6) is -1.47. The summed E-state index contributed by atoms with van der Waals surface area (Å²) in [5.41, 5.74) is 7.67. The van der Waals surface area contributed by atoms with Crippen molar-refractivity contribution in [3.05, 3.63) is 119 Å². The van der Waals surface area contributed by atoms with Crippen LogP contribution in [0, 0.1) is 27.7 Å². The van der Waals surface area contributed by atoms with Crippen molar-refractivity contribution >= 4 is 45.4 Å². The summed E-state index contributed by atoms with van der Waals surface area (Å²) in [7, 11) is 1.25. The maximum absolute atomic E-state index is 12.1. The fourth-order valence-corrected chi connectivity index (χ4v) is 5.12. The number of nitrogens with two attached hydrogens (primary N) is 1. The molecule has 0 saturated heterocycles. The Labute approximate surface area is 320 Å². The van der Waals surface area contributed by atoms with Gasteiger partial charge < -0.3 is 45.7 Å². The lowest BCUT2D eigenvalue weighted by molar-refractivity contribution is -0.136. The predicted octanol–water partition coefficient (Wildman–Crippen LogP) is 6.33. The number of carboxylic acid groups (broad SMARTS) is 2. The van der Waals surface area contributed by atoms with Crippen LogP contribution in [0.15, 0.2) is 84.9 Å². The van der Waals surface area contributed by atoms with Crippen molar-refractivity contribution in [3.8, 4) is 34.5 Å². The van der Waals surface area contributed by atoms with Crippen molar-refractivity contribution in [2.75, 3.05) is 20.2 Å². The van der Waals surface area contributed by atoms with E-state index in [2.05, 4.69) is 25.8 Å². The SMILES string of the molecule is COC(=O)c1nc(C)c2cc(Oc3ccc(C)cc3)ccc2c1O.Cc1ccc(Oc2ccc3c(O)c(C(=O)NCC(=O)O)nc(C)c3c2)cc1.NCC(=O)O. The lowest BCUT2D eigenvalue weighted by Crippen LogP contribution is -2.30. The molecule has 56 heavy (non-hydrogen) atoms.